The zero-order valence-corrected chi connectivity index (χ0v) is 9.26. The van der Waals surface area contributed by atoms with Gasteiger partial charge in [-0.1, -0.05) is 18.2 Å². The van der Waals surface area contributed by atoms with E-state index in [1.165, 1.54) is 4.68 Å². The third-order valence-corrected chi connectivity index (χ3v) is 3.05. The summed E-state index contributed by atoms with van der Waals surface area (Å²) in [4.78, 5) is 12.2. The fourth-order valence-electron chi connectivity index (χ4n) is 2.06. The molecule has 84 valence electrons. The lowest BCUT2D eigenvalue weighted by molar-refractivity contribution is 0.0959. The van der Waals surface area contributed by atoms with Gasteiger partial charge in [-0.3, -0.25) is 4.79 Å². The van der Waals surface area contributed by atoms with E-state index in [1.54, 1.807) is 0 Å². The zero-order chi connectivity index (χ0) is 11.8. The van der Waals surface area contributed by atoms with Crippen molar-refractivity contribution in [3.8, 4) is 6.07 Å². The summed E-state index contributed by atoms with van der Waals surface area (Å²) in [5.41, 5.74) is 1.39. The molecule has 4 heteroatoms. The Balaban J connectivity index is 2.20. The van der Waals surface area contributed by atoms with E-state index < -0.39 is 0 Å². The lowest BCUT2D eigenvalue weighted by Crippen LogP contribution is -2.11. The van der Waals surface area contributed by atoms with Crippen molar-refractivity contribution in [2.75, 3.05) is 0 Å². The summed E-state index contributed by atoms with van der Waals surface area (Å²) in [6.07, 6.45) is 1.93. The van der Waals surface area contributed by atoms with E-state index in [0.29, 0.717) is 5.69 Å². The molecule has 0 atom stereocenters. The molecule has 2 aromatic rings. The first-order chi connectivity index (χ1) is 8.31. The van der Waals surface area contributed by atoms with Gasteiger partial charge in [0.25, 0.3) is 0 Å². The van der Waals surface area contributed by atoms with Crippen molar-refractivity contribution >= 4 is 16.7 Å². The maximum Gasteiger partial charge on any atom is 0.184 e. The van der Waals surface area contributed by atoms with Crippen LogP contribution in [-0.4, -0.2) is 15.6 Å². The molecule has 1 aromatic heterocycles. The highest BCUT2D eigenvalue weighted by atomic mass is 16.1. The van der Waals surface area contributed by atoms with Gasteiger partial charge in [0, 0.05) is 11.3 Å². The highest BCUT2D eigenvalue weighted by molar-refractivity contribution is 6.08. The number of hydrogen-bond donors (Lipinski definition) is 0. The second-order valence-corrected chi connectivity index (χ2v) is 4.32. The minimum atomic E-state index is 0.127. The molecule has 1 saturated carbocycles. The Hall–Kier alpha value is -2.15. The minimum absolute atomic E-state index is 0.127. The van der Waals surface area contributed by atoms with Gasteiger partial charge >= 0.3 is 0 Å². The predicted molar refractivity (Wildman–Crippen MR) is 62.4 cm³/mol. The van der Waals surface area contributed by atoms with E-state index in [2.05, 4.69) is 5.10 Å². The summed E-state index contributed by atoms with van der Waals surface area (Å²) >= 11 is 0. The first-order valence-electron chi connectivity index (χ1n) is 5.68. The van der Waals surface area contributed by atoms with Crippen molar-refractivity contribution in [3.63, 3.8) is 0 Å². The monoisotopic (exact) mass is 225 g/mol. The number of ketones is 1. The summed E-state index contributed by atoms with van der Waals surface area (Å²) < 4.78 is 1.53. The van der Waals surface area contributed by atoms with E-state index in [-0.39, 0.29) is 18.2 Å². The van der Waals surface area contributed by atoms with Gasteiger partial charge in [0.15, 0.2) is 5.78 Å². The molecule has 0 radical (unpaired) electrons. The first-order valence-corrected chi connectivity index (χ1v) is 5.68. The maximum absolute atomic E-state index is 12.2. The second kappa shape index (κ2) is 3.70. The van der Waals surface area contributed by atoms with Gasteiger partial charge < -0.3 is 0 Å². The van der Waals surface area contributed by atoms with Crippen molar-refractivity contribution < 1.29 is 4.79 Å². The molecule has 0 amide bonds. The Morgan fingerprint density at radius 3 is 2.94 bits per heavy atom. The van der Waals surface area contributed by atoms with Crippen LogP contribution < -0.4 is 0 Å². The molecule has 3 rings (SSSR count). The maximum atomic E-state index is 12.2. The molecule has 0 unspecified atom stereocenters. The van der Waals surface area contributed by atoms with E-state index in [9.17, 15) is 4.79 Å². The number of Topliss-reactive ketones (excluding diaryl/α,β-unsaturated/α-hetero) is 1. The standard InChI is InChI=1S/C13H11N3O/c14-7-8-16-12(13(17)9-5-6-9)10-3-1-2-4-11(10)15-16/h1-4,9H,5-6,8H2. The number of aromatic nitrogens is 2. The largest absolute Gasteiger partial charge is 0.292 e. The lowest BCUT2D eigenvalue weighted by atomic mass is 10.1. The quantitative estimate of drug-likeness (QED) is 0.752. The van der Waals surface area contributed by atoms with Crippen LogP contribution in [0.5, 0.6) is 0 Å². The Morgan fingerprint density at radius 2 is 2.24 bits per heavy atom. The number of benzene rings is 1. The summed E-state index contributed by atoms with van der Waals surface area (Å²) in [7, 11) is 0. The molecule has 1 aliphatic carbocycles. The molecule has 0 bridgehead atoms. The average Bonchev–Trinajstić information content (AvgIpc) is 3.11. The van der Waals surface area contributed by atoms with E-state index in [1.807, 2.05) is 30.3 Å². The Bertz CT molecular complexity index is 632. The number of hydrogen-bond acceptors (Lipinski definition) is 3. The lowest BCUT2D eigenvalue weighted by Gasteiger charge is -2.01. The van der Waals surface area contributed by atoms with Crippen LogP contribution in [0.15, 0.2) is 24.3 Å². The average molecular weight is 225 g/mol. The topological polar surface area (TPSA) is 58.7 Å². The third kappa shape index (κ3) is 1.60. The van der Waals surface area contributed by atoms with Crippen molar-refractivity contribution in [1.29, 1.82) is 5.26 Å². The van der Waals surface area contributed by atoms with Gasteiger partial charge in [-0.15, -0.1) is 0 Å². The van der Waals surface area contributed by atoms with Crippen LogP contribution in [0.3, 0.4) is 0 Å². The van der Waals surface area contributed by atoms with E-state index in [4.69, 9.17) is 5.26 Å². The first kappa shape index (κ1) is 10.0. The highest BCUT2D eigenvalue weighted by Crippen LogP contribution is 2.34. The van der Waals surface area contributed by atoms with Crippen molar-refractivity contribution in [3.05, 3.63) is 30.0 Å². The van der Waals surface area contributed by atoms with Gasteiger partial charge in [-0.2, -0.15) is 10.4 Å². The SMILES string of the molecule is N#CCn1nc2ccccc2c1C(=O)C1CC1. The smallest absolute Gasteiger partial charge is 0.184 e. The summed E-state index contributed by atoms with van der Waals surface area (Å²) in [5, 5.41) is 14.0. The third-order valence-electron chi connectivity index (χ3n) is 3.05. The molecular weight excluding hydrogens is 214 g/mol. The van der Waals surface area contributed by atoms with Crippen LogP contribution >= 0.6 is 0 Å². The fourth-order valence-corrected chi connectivity index (χ4v) is 2.06. The Kier molecular flexibility index (Phi) is 2.19. The normalized spacial score (nSPS) is 14.8. The minimum Gasteiger partial charge on any atom is -0.292 e. The highest BCUT2D eigenvalue weighted by Gasteiger charge is 2.33. The molecule has 1 fully saturated rings. The Labute approximate surface area is 98.5 Å². The van der Waals surface area contributed by atoms with Crippen LogP contribution in [0.4, 0.5) is 0 Å². The molecule has 1 aromatic carbocycles. The molecule has 17 heavy (non-hydrogen) atoms. The van der Waals surface area contributed by atoms with Crippen LogP contribution in [0.25, 0.3) is 10.9 Å². The number of rotatable bonds is 3. The number of nitrogens with zero attached hydrogens (tertiary/aromatic N) is 3. The molecule has 1 aliphatic rings. The van der Waals surface area contributed by atoms with Gasteiger partial charge in [0.05, 0.1) is 11.6 Å². The van der Waals surface area contributed by atoms with Gasteiger partial charge in [0.2, 0.25) is 0 Å². The van der Waals surface area contributed by atoms with Crippen LogP contribution in [0, 0.1) is 17.2 Å². The molecule has 0 aliphatic heterocycles. The van der Waals surface area contributed by atoms with Crippen molar-refractivity contribution in [2.24, 2.45) is 5.92 Å². The van der Waals surface area contributed by atoms with Crippen LogP contribution in [0.2, 0.25) is 0 Å². The van der Waals surface area contributed by atoms with Gasteiger partial charge in [-0.05, 0) is 18.9 Å². The van der Waals surface area contributed by atoms with Crippen molar-refractivity contribution in [1.82, 2.24) is 9.78 Å². The van der Waals surface area contributed by atoms with Gasteiger partial charge in [-0.25, -0.2) is 4.68 Å². The predicted octanol–water partition coefficient (Wildman–Crippen LogP) is 2.15. The van der Waals surface area contributed by atoms with Gasteiger partial charge in [0.1, 0.15) is 12.2 Å². The summed E-state index contributed by atoms with van der Waals surface area (Å²) in [6.45, 7) is 0.127. The molecule has 1 heterocycles. The number of carbonyl (C=O) groups is 1. The zero-order valence-electron chi connectivity index (χ0n) is 9.26. The second-order valence-electron chi connectivity index (χ2n) is 4.32. The molecule has 0 N–H and O–H groups in total. The fraction of sp³-hybridized carbons (Fsp3) is 0.308. The molecule has 0 saturated heterocycles. The molecule has 0 spiro atoms. The summed E-state index contributed by atoms with van der Waals surface area (Å²) in [5.74, 6) is 0.279. The van der Waals surface area contributed by atoms with E-state index >= 15 is 0 Å². The molecular formula is C13H11N3O. The van der Waals surface area contributed by atoms with E-state index in [0.717, 1.165) is 23.7 Å². The van der Waals surface area contributed by atoms with Crippen LogP contribution in [0.1, 0.15) is 23.3 Å². The number of carbonyl (C=O) groups excluding carboxylic acids is 1. The summed E-state index contributed by atoms with van der Waals surface area (Å²) in [6, 6.07) is 9.59. The van der Waals surface area contributed by atoms with Crippen LogP contribution in [-0.2, 0) is 6.54 Å². The Morgan fingerprint density at radius 1 is 1.47 bits per heavy atom. The molecule has 4 nitrogen and oxygen atoms in total. The number of nitriles is 1. The van der Waals surface area contributed by atoms with Crippen molar-refractivity contribution in [2.45, 2.75) is 19.4 Å². The number of fused-ring (bicyclic) bond motifs is 1.